The number of carboxylic acid groups (broad SMARTS) is 1. The summed E-state index contributed by atoms with van der Waals surface area (Å²) in [5.74, 6) is -1.87. The SMILES string of the molecule is CC1C(C(=O)O)CC(=O)N1c1cccc(C#N)c1. The van der Waals surface area contributed by atoms with Gasteiger partial charge in [0.2, 0.25) is 5.91 Å². The first-order valence-corrected chi connectivity index (χ1v) is 5.59. The van der Waals surface area contributed by atoms with E-state index in [1.54, 1.807) is 31.2 Å². The highest BCUT2D eigenvalue weighted by Gasteiger charge is 2.41. The van der Waals surface area contributed by atoms with Crippen molar-refractivity contribution < 1.29 is 14.7 Å². The van der Waals surface area contributed by atoms with Crippen LogP contribution in [0.15, 0.2) is 24.3 Å². The minimum absolute atomic E-state index is 0.00722. The van der Waals surface area contributed by atoms with E-state index in [4.69, 9.17) is 10.4 Å². The van der Waals surface area contributed by atoms with Crippen LogP contribution < -0.4 is 4.90 Å². The van der Waals surface area contributed by atoms with E-state index >= 15 is 0 Å². The molecule has 0 radical (unpaired) electrons. The molecule has 1 aliphatic heterocycles. The van der Waals surface area contributed by atoms with E-state index in [-0.39, 0.29) is 12.3 Å². The Balaban J connectivity index is 2.36. The number of amides is 1. The molecule has 1 aromatic rings. The first-order chi connectivity index (χ1) is 8.54. The predicted octanol–water partition coefficient (Wildman–Crippen LogP) is 1.38. The second kappa shape index (κ2) is 4.49. The zero-order valence-corrected chi connectivity index (χ0v) is 9.83. The zero-order chi connectivity index (χ0) is 13.3. The summed E-state index contributed by atoms with van der Waals surface area (Å²) in [6.07, 6.45) is 0.00722. The largest absolute Gasteiger partial charge is 0.481 e. The van der Waals surface area contributed by atoms with Crippen LogP contribution in [0.25, 0.3) is 0 Å². The van der Waals surface area contributed by atoms with Crippen molar-refractivity contribution in [2.75, 3.05) is 4.90 Å². The lowest BCUT2D eigenvalue weighted by Crippen LogP contribution is -2.34. The zero-order valence-electron chi connectivity index (χ0n) is 9.83. The molecule has 2 unspecified atom stereocenters. The van der Waals surface area contributed by atoms with Gasteiger partial charge in [-0.2, -0.15) is 5.26 Å². The molecule has 1 heterocycles. The van der Waals surface area contributed by atoms with Crippen molar-refractivity contribution in [2.24, 2.45) is 5.92 Å². The number of rotatable bonds is 2. The fraction of sp³-hybridized carbons (Fsp3) is 0.308. The van der Waals surface area contributed by atoms with Gasteiger partial charge in [0.15, 0.2) is 0 Å². The van der Waals surface area contributed by atoms with Gasteiger partial charge in [-0.05, 0) is 25.1 Å². The molecule has 1 saturated heterocycles. The number of hydrogen-bond donors (Lipinski definition) is 1. The summed E-state index contributed by atoms with van der Waals surface area (Å²) in [6.45, 7) is 1.71. The molecule has 0 aliphatic carbocycles. The Morgan fingerprint density at radius 1 is 1.56 bits per heavy atom. The average molecular weight is 244 g/mol. The van der Waals surface area contributed by atoms with Crippen molar-refractivity contribution in [3.63, 3.8) is 0 Å². The van der Waals surface area contributed by atoms with Crippen molar-refractivity contribution >= 4 is 17.6 Å². The predicted molar refractivity (Wildman–Crippen MR) is 63.8 cm³/mol. The maximum atomic E-state index is 11.9. The highest BCUT2D eigenvalue weighted by molar-refractivity contribution is 6.00. The van der Waals surface area contributed by atoms with Crippen LogP contribution in [0, 0.1) is 17.2 Å². The highest BCUT2D eigenvalue weighted by atomic mass is 16.4. The fourth-order valence-electron chi connectivity index (χ4n) is 2.26. The Kier molecular flexibility index (Phi) is 3.02. The number of anilines is 1. The second-order valence-electron chi connectivity index (χ2n) is 4.32. The minimum Gasteiger partial charge on any atom is -0.481 e. The van der Waals surface area contributed by atoms with E-state index in [0.717, 1.165) is 0 Å². The molecule has 0 bridgehead atoms. The molecule has 0 aromatic heterocycles. The summed E-state index contributed by atoms with van der Waals surface area (Å²) in [7, 11) is 0. The van der Waals surface area contributed by atoms with E-state index < -0.39 is 17.9 Å². The maximum absolute atomic E-state index is 11.9. The van der Waals surface area contributed by atoms with Crippen LogP contribution in [-0.4, -0.2) is 23.0 Å². The molecule has 5 nitrogen and oxygen atoms in total. The third-order valence-corrected chi connectivity index (χ3v) is 3.22. The number of hydrogen-bond acceptors (Lipinski definition) is 3. The highest BCUT2D eigenvalue weighted by Crippen LogP contribution is 2.31. The van der Waals surface area contributed by atoms with Crippen LogP contribution in [0.4, 0.5) is 5.69 Å². The van der Waals surface area contributed by atoms with E-state index in [1.165, 1.54) is 4.90 Å². The number of nitrogens with zero attached hydrogens (tertiary/aromatic N) is 2. The molecular weight excluding hydrogens is 232 g/mol. The van der Waals surface area contributed by atoms with Crippen molar-refractivity contribution in [3.8, 4) is 6.07 Å². The van der Waals surface area contributed by atoms with Crippen LogP contribution in [-0.2, 0) is 9.59 Å². The molecule has 1 aliphatic rings. The standard InChI is InChI=1S/C13H12N2O3/c1-8-11(13(17)18)6-12(16)15(8)10-4-2-3-9(5-10)7-14/h2-5,8,11H,6H2,1H3,(H,17,18). The molecule has 2 rings (SSSR count). The third-order valence-electron chi connectivity index (χ3n) is 3.22. The Hall–Kier alpha value is -2.35. The summed E-state index contributed by atoms with van der Waals surface area (Å²) in [5, 5.41) is 17.9. The number of carboxylic acids is 1. The number of carbonyl (C=O) groups excluding carboxylic acids is 1. The van der Waals surface area contributed by atoms with Gasteiger partial charge in [0.1, 0.15) is 0 Å². The van der Waals surface area contributed by atoms with Gasteiger partial charge >= 0.3 is 5.97 Å². The fourth-order valence-corrected chi connectivity index (χ4v) is 2.26. The summed E-state index contributed by atoms with van der Waals surface area (Å²) in [6, 6.07) is 8.23. The van der Waals surface area contributed by atoms with Crippen LogP contribution in [0.1, 0.15) is 18.9 Å². The van der Waals surface area contributed by atoms with Crippen LogP contribution >= 0.6 is 0 Å². The van der Waals surface area contributed by atoms with Crippen LogP contribution in [0.3, 0.4) is 0 Å². The molecule has 1 N–H and O–H groups in total. The maximum Gasteiger partial charge on any atom is 0.309 e. The summed E-state index contributed by atoms with van der Waals surface area (Å²) in [4.78, 5) is 24.4. The number of benzene rings is 1. The molecule has 2 atom stereocenters. The van der Waals surface area contributed by atoms with Crippen molar-refractivity contribution in [1.82, 2.24) is 0 Å². The number of nitriles is 1. The van der Waals surface area contributed by atoms with Crippen molar-refractivity contribution in [2.45, 2.75) is 19.4 Å². The molecular formula is C13H12N2O3. The second-order valence-corrected chi connectivity index (χ2v) is 4.32. The monoisotopic (exact) mass is 244 g/mol. The van der Waals surface area contributed by atoms with E-state index in [1.807, 2.05) is 6.07 Å². The number of carbonyl (C=O) groups is 2. The van der Waals surface area contributed by atoms with E-state index in [9.17, 15) is 9.59 Å². The quantitative estimate of drug-likeness (QED) is 0.852. The van der Waals surface area contributed by atoms with Gasteiger partial charge < -0.3 is 10.0 Å². The molecule has 1 fully saturated rings. The molecule has 0 saturated carbocycles. The molecule has 0 spiro atoms. The van der Waals surface area contributed by atoms with E-state index in [0.29, 0.717) is 11.3 Å². The summed E-state index contributed by atoms with van der Waals surface area (Å²) >= 11 is 0. The van der Waals surface area contributed by atoms with Gasteiger partial charge in [-0.15, -0.1) is 0 Å². The van der Waals surface area contributed by atoms with Gasteiger partial charge in [0.05, 0.1) is 17.6 Å². The Morgan fingerprint density at radius 2 is 2.28 bits per heavy atom. The van der Waals surface area contributed by atoms with Gasteiger partial charge in [-0.25, -0.2) is 0 Å². The minimum atomic E-state index is -0.963. The molecule has 92 valence electrons. The van der Waals surface area contributed by atoms with Crippen molar-refractivity contribution in [3.05, 3.63) is 29.8 Å². The van der Waals surface area contributed by atoms with Gasteiger partial charge in [-0.1, -0.05) is 6.07 Å². The summed E-state index contributed by atoms with van der Waals surface area (Å²) in [5.41, 5.74) is 1.03. The van der Waals surface area contributed by atoms with E-state index in [2.05, 4.69) is 0 Å². The average Bonchev–Trinajstić information content (AvgIpc) is 2.65. The Morgan fingerprint density at radius 3 is 2.83 bits per heavy atom. The smallest absolute Gasteiger partial charge is 0.309 e. The van der Waals surface area contributed by atoms with Crippen LogP contribution in [0.5, 0.6) is 0 Å². The Labute approximate surface area is 104 Å². The molecule has 18 heavy (non-hydrogen) atoms. The normalized spacial score (nSPS) is 22.9. The molecule has 5 heteroatoms. The van der Waals surface area contributed by atoms with Gasteiger partial charge in [0, 0.05) is 18.2 Å². The molecule has 1 amide bonds. The lowest BCUT2D eigenvalue weighted by atomic mass is 10.0. The first kappa shape index (κ1) is 12.1. The van der Waals surface area contributed by atoms with Crippen LogP contribution in [0.2, 0.25) is 0 Å². The topological polar surface area (TPSA) is 81.4 Å². The Bertz CT molecular complexity index is 547. The van der Waals surface area contributed by atoms with Gasteiger partial charge in [0.25, 0.3) is 0 Å². The molecule has 1 aromatic carbocycles. The lowest BCUT2D eigenvalue weighted by Gasteiger charge is -2.23. The first-order valence-electron chi connectivity index (χ1n) is 5.59. The summed E-state index contributed by atoms with van der Waals surface area (Å²) < 4.78 is 0. The van der Waals surface area contributed by atoms with Gasteiger partial charge in [-0.3, -0.25) is 9.59 Å². The lowest BCUT2D eigenvalue weighted by molar-refractivity contribution is -0.142. The third kappa shape index (κ3) is 1.93. The number of aliphatic carboxylic acids is 1. The van der Waals surface area contributed by atoms with Crippen molar-refractivity contribution in [1.29, 1.82) is 5.26 Å².